The fraction of sp³-hybridized carbons (Fsp3) is 0.556. The maximum atomic E-state index is 12.2. The summed E-state index contributed by atoms with van der Waals surface area (Å²) in [7, 11) is 3.04. The Kier molecular flexibility index (Phi) is 9.39. The summed E-state index contributed by atoms with van der Waals surface area (Å²) in [6.45, 7) is 5.38. The highest BCUT2D eigenvalue weighted by molar-refractivity contribution is 5.95. The van der Waals surface area contributed by atoms with Gasteiger partial charge in [0.2, 0.25) is 5.91 Å². The van der Waals surface area contributed by atoms with E-state index in [1.165, 1.54) is 14.2 Å². The van der Waals surface area contributed by atoms with Gasteiger partial charge in [-0.25, -0.2) is 0 Å². The minimum atomic E-state index is -0.282. The lowest BCUT2D eigenvalue weighted by Crippen LogP contribution is -2.31. The number of nitrogens with one attached hydrogen (secondary N) is 2. The Morgan fingerprint density at radius 3 is 2.20 bits per heavy atom. The minimum absolute atomic E-state index is 0.104. The van der Waals surface area contributed by atoms with Crippen LogP contribution in [0.1, 0.15) is 37.0 Å². The Morgan fingerprint density at radius 2 is 1.64 bits per heavy atom. The second-order valence-corrected chi connectivity index (χ2v) is 5.73. The largest absolute Gasteiger partial charge is 0.497 e. The van der Waals surface area contributed by atoms with Crippen molar-refractivity contribution in [2.75, 3.05) is 33.9 Å². The van der Waals surface area contributed by atoms with Gasteiger partial charge in [-0.15, -0.1) is 0 Å². The molecule has 0 fully saturated rings. The molecule has 1 aromatic carbocycles. The van der Waals surface area contributed by atoms with E-state index in [1.807, 2.05) is 13.8 Å². The van der Waals surface area contributed by atoms with E-state index in [9.17, 15) is 9.59 Å². The normalized spacial score (nSPS) is 10.4. The number of hydrogen-bond acceptors (Lipinski definition) is 5. The molecule has 140 valence electrons. The summed E-state index contributed by atoms with van der Waals surface area (Å²) < 4.78 is 15.7. The van der Waals surface area contributed by atoms with E-state index < -0.39 is 0 Å². The van der Waals surface area contributed by atoms with Crippen LogP contribution in [-0.2, 0) is 9.53 Å². The lowest BCUT2D eigenvalue weighted by Gasteiger charge is -2.10. The molecule has 0 saturated heterocycles. The van der Waals surface area contributed by atoms with Gasteiger partial charge in [-0.05, 0) is 32.4 Å². The molecule has 0 saturated carbocycles. The Bertz CT molecular complexity index is 538. The van der Waals surface area contributed by atoms with Gasteiger partial charge < -0.3 is 24.8 Å². The predicted octanol–water partition coefficient (Wildman–Crippen LogP) is 1.75. The molecule has 1 rings (SSSR count). The topological polar surface area (TPSA) is 85.9 Å². The van der Waals surface area contributed by atoms with Gasteiger partial charge in [0, 0.05) is 37.7 Å². The highest BCUT2D eigenvalue weighted by atomic mass is 16.5. The summed E-state index contributed by atoms with van der Waals surface area (Å²) in [6, 6.07) is 4.92. The van der Waals surface area contributed by atoms with E-state index in [0.29, 0.717) is 30.2 Å². The van der Waals surface area contributed by atoms with Crippen LogP contribution < -0.4 is 20.1 Å². The molecule has 1 aromatic rings. The van der Waals surface area contributed by atoms with Crippen LogP contribution in [0.4, 0.5) is 0 Å². The molecule has 0 bridgehead atoms. The van der Waals surface area contributed by atoms with E-state index in [-0.39, 0.29) is 30.9 Å². The predicted molar refractivity (Wildman–Crippen MR) is 95.2 cm³/mol. The molecule has 2 amide bonds. The number of methoxy groups -OCH3 is 2. The molecule has 0 radical (unpaired) electrons. The number of rotatable bonds is 11. The zero-order valence-electron chi connectivity index (χ0n) is 15.4. The van der Waals surface area contributed by atoms with Crippen LogP contribution >= 0.6 is 0 Å². The molecule has 0 heterocycles. The van der Waals surface area contributed by atoms with Gasteiger partial charge in [0.1, 0.15) is 11.5 Å². The third-order valence-corrected chi connectivity index (χ3v) is 3.35. The summed E-state index contributed by atoms with van der Waals surface area (Å²) in [5.74, 6) is 0.681. The Morgan fingerprint density at radius 1 is 1.00 bits per heavy atom. The third-order valence-electron chi connectivity index (χ3n) is 3.35. The standard InChI is InChI=1S/C18H28N2O5/c1-13(2)25-9-5-7-19-17(21)6-8-20-18(22)14-10-15(23-3)12-16(11-14)24-4/h10-13H,5-9H2,1-4H3,(H,19,21)(H,20,22). The first-order chi connectivity index (χ1) is 12.0. The fourth-order valence-electron chi connectivity index (χ4n) is 2.04. The Labute approximate surface area is 149 Å². The quantitative estimate of drug-likeness (QED) is 0.593. The molecule has 0 unspecified atom stereocenters. The lowest BCUT2D eigenvalue weighted by atomic mass is 10.2. The number of carbonyl (C=O) groups is 2. The van der Waals surface area contributed by atoms with Gasteiger partial charge in [0.05, 0.1) is 20.3 Å². The zero-order chi connectivity index (χ0) is 18.7. The fourth-order valence-corrected chi connectivity index (χ4v) is 2.04. The lowest BCUT2D eigenvalue weighted by molar-refractivity contribution is -0.121. The van der Waals surface area contributed by atoms with Crippen molar-refractivity contribution in [1.29, 1.82) is 0 Å². The highest BCUT2D eigenvalue weighted by Crippen LogP contribution is 2.22. The van der Waals surface area contributed by atoms with Gasteiger partial charge in [-0.1, -0.05) is 0 Å². The average Bonchev–Trinajstić information content (AvgIpc) is 2.60. The Balaban J connectivity index is 2.31. The number of hydrogen-bond donors (Lipinski definition) is 2. The SMILES string of the molecule is COc1cc(OC)cc(C(=O)NCCC(=O)NCCCOC(C)C)c1. The van der Waals surface area contributed by atoms with Gasteiger partial charge in [0.15, 0.2) is 0 Å². The zero-order valence-corrected chi connectivity index (χ0v) is 15.4. The van der Waals surface area contributed by atoms with Crippen LogP contribution in [0.2, 0.25) is 0 Å². The van der Waals surface area contributed by atoms with Crippen molar-refractivity contribution in [3.8, 4) is 11.5 Å². The van der Waals surface area contributed by atoms with E-state index in [4.69, 9.17) is 14.2 Å². The molecule has 0 spiro atoms. The van der Waals surface area contributed by atoms with Crippen LogP contribution in [0.5, 0.6) is 11.5 Å². The van der Waals surface area contributed by atoms with Gasteiger partial charge in [-0.2, -0.15) is 0 Å². The van der Waals surface area contributed by atoms with Crippen LogP contribution in [-0.4, -0.2) is 51.8 Å². The molecular weight excluding hydrogens is 324 g/mol. The minimum Gasteiger partial charge on any atom is -0.497 e. The van der Waals surface area contributed by atoms with Crippen molar-refractivity contribution in [1.82, 2.24) is 10.6 Å². The van der Waals surface area contributed by atoms with Gasteiger partial charge >= 0.3 is 0 Å². The Hall–Kier alpha value is -2.28. The molecule has 0 aliphatic rings. The summed E-state index contributed by atoms with van der Waals surface area (Å²) >= 11 is 0. The van der Waals surface area contributed by atoms with E-state index in [0.717, 1.165) is 6.42 Å². The molecule has 0 aliphatic carbocycles. The molecule has 0 atom stereocenters. The van der Waals surface area contributed by atoms with Crippen molar-refractivity contribution in [3.05, 3.63) is 23.8 Å². The first-order valence-corrected chi connectivity index (χ1v) is 8.35. The maximum Gasteiger partial charge on any atom is 0.251 e. The maximum absolute atomic E-state index is 12.2. The molecule has 0 aliphatic heterocycles. The van der Waals surface area contributed by atoms with Gasteiger partial charge in [0.25, 0.3) is 5.91 Å². The van der Waals surface area contributed by atoms with Crippen LogP contribution in [0, 0.1) is 0 Å². The molecule has 7 nitrogen and oxygen atoms in total. The summed E-state index contributed by atoms with van der Waals surface area (Å²) in [5.41, 5.74) is 0.419. The van der Waals surface area contributed by atoms with Crippen molar-refractivity contribution < 1.29 is 23.8 Å². The molecule has 0 aromatic heterocycles. The van der Waals surface area contributed by atoms with Gasteiger partial charge in [-0.3, -0.25) is 9.59 Å². The highest BCUT2D eigenvalue weighted by Gasteiger charge is 2.10. The van der Waals surface area contributed by atoms with Crippen molar-refractivity contribution >= 4 is 11.8 Å². The summed E-state index contributed by atoms with van der Waals surface area (Å²) in [4.78, 5) is 23.9. The van der Waals surface area contributed by atoms with Crippen molar-refractivity contribution in [2.24, 2.45) is 0 Å². The number of amides is 2. The third kappa shape index (κ3) is 8.39. The first kappa shape index (κ1) is 20.8. The van der Waals surface area contributed by atoms with Crippen molar-refractivity contribution in [2.45, 2.75) is 32.8 Å². The van der Waals surface area contributed by atoms with E-state index in [1.54, 1.807) is 18.2 Å². The second kappa shape index (κ2) is 11.3. The summed E-state index contributed by atoms with van der Waals surface area (Å²) in [5, 5.41) is 5.51. The first-order valence-electron chi connectivity index (χ1n) is 8.35. The van der Waals surface area contributed by atoms with Crippen LogP contribution in [0.3, 0.4) is 0 Å². The molecular formula is C18H28N2O5. The van der Waals surface area contributed by atoms with Crippen LogP contribution in [0.25, 0.3) is 0 Å². The number of carbonyl (C=O) groups excluding carboxylic acids is 2. The monoisotopic (exact) mass is 352 g/mol. The second-order valence-electron chi connectivity index (χ2n) is 5.73. The summed E-state index contributed by atoms with van der Waals surface area (Å²) in [6.07, 6.45) is 1.18. The van der Waals surface area contributed by atoms with E-state index in [2.05, 4.69) is 10.6 Å². The van der Waals surface area contributed by atoms with Crippen LogP contribution in [0.15, 0.2) is 18.2 Å². The number of benzene rings is 1. The smallest absolute Gasteiger partial charge is 0.251 e. The average molecular weight is 352 g/mol. The number of ether oxygens (including phenoxy) is 3. The van der Waals surface area contributed by atoms with E-state index >= 15 is 0 Å². The molecule has 2 N–H and O–H groups in total. The van der Waals surface area contributed by atoms with Crippen molar-refractivity contribution in [3.63, 3.8) is 0 Å². The molecule has 7 heteroatoms. The molecule has 25 heavy (non-hydrogen) atoms.